The Morgan fingerprint density at radius 2 is 1.83 bits per heavy atom. The van der Waals surface area contributed by atoms with Crippen molar-refractivity contribution in [2.45, 2.75) is 25.9 Å². The zero-order valence-electron chi connectivity index (χ0n) is 12.8. The number of hydrogen-bond acceptors (Lipinski definition) is 2. The number of amides is 2. The maximum Gasteiger partial charge on any atom is 0.471 e. The second kappa shape index (κ2) is 7.02. The number of likely N-dealkylation sites (tertiary alicyclic amines) is 1. The molecule has 23 heavy (non-hydrogen) atoms. The van der Waals surface area contributed by atoms with Crippen LogP contribution in [0.25, 0.3) is 0 Å². The van der Waals surface area contributed by atoms with Crippen LogP contribution in [0.15, 0.2) is 24.3 Å². The van der Waals surface area contributed by atoms with Crippen molar-refractivity contribution in [3.05, 3.63) is 35.4 Å². The summed E-state index contributed by atoms with van der Waals surface area (Å²) >= 11 is 0. The van der Waals surface area contributed by atoms with Gasteiger partial charge in [0.1, 0.15) is 0 Å². The average molecular weight is 328 g/mol. The van der Waals surface area contributed by atoms with E-state index in [0.717, 1.165) is 10.5 Å². The van der Waals surface area contributed by atoms with E-state index < -0.39 is 12.1 Å². The van der Waals surface area contributed by atoms with Crippen LogP contribution >= 0.6 is 0 Å². The van der Waals surface area contributed by atoms with Gasteiger partial charge in [-0.25, -0.2) is 0 Å². The Labute approximate surface area is 132 Å². The van der Waals surface area contributed by atoms with E-state index in [0.29, 0.717) is 24.9 Å². The SMILES string of the molecule is Cc1ccccc1C(=O)NCC1CCN(C(=O)C(F)(F)F)CC1. The lowest BCUT2D eigenvalue weighted by molar-refractivity contribution is -0.186. The minimum Gasteiger partial charge on any atom is -0.352 e. The lowest BCUT2D eigenvalue weighted by atomic mass is 9.96. The smallest absolute Gasteiger partial charge is 0.352 e. The van der Waals surface area contributed by atoms with E-state index in [1.807, 2.05) is 19.1 Å². The van der Waals surface area contributed by atoms with Crippen LogP contribution in [0.3, 0.4) is 0 Å². The number of aryl methyl sites for hydroxylation is 1. The fraction of sp³-hybridized carbons (Fsp3) is 0.500. The number of nitrogens with one attached hydrogen (secondary N) is 1. The Bertz CT molecular complexity index is 579. The van der Waals surface area contributed by atoms with Crippen molar-refractivity contribution in [3.63, 3.8) is 0 Å². The largest absolute Gasteiger partial charge is 0.471 e. The van der Waals surface area contributed by atoms with Crippen LogP contribution < -0.4 is 5.32 Å². The molecule has 0 spiro atoms. The zero-order valence-corrected chi connectivity index (χ0v) is 12.8. The van der Waals surface area contributed by atoms with Gasteiger partial charge in [-0.15, -0.1) is 0 Å². The molecule has 2 amide bonds. The summed E-state index contributed by atoms with van der Waals surface area (Å²) in [5.74, 6) is -1.88. The summed E-state index contributed by atoms with van der Waals surface area (Å²) in [5, 5.41) is 2.82. The van der Waals surface area contributed by atoms with E-state index in [2.05, 4.69) is 5.32 Å². The summed E-state index contributed by atoms with van der Waals surface area (Å²) in [6.07, 6.45) is -3.91. The molecular weight excluding hydrogens is 309 g/mol. The molecule has 0 saturated carbocycles. The first-order valence-corrected chi connectivity index (χ1v) is 7.49. The van der Waals surface area contributed by atoms with E-state index in [-0.39, 0.29) is 24.9 Å². The van der Waals surface area contributed by atoms with Crippen LogP contribution in [0.4, 0.5) is 13.2 Å². The fourth-order valence-corrected chi connectivity index (χ4v) is 2.68. The molecule has 0 aromatic heterocycles. The number of piperidine rings is 1. The molecular formula is C16H19F3N2O2. The van der Waals surface area contributed by atoms with Crippen molar-refractivity contribution in [2.24, 2.45) is 5.92 Å². The number of carbonyl (C=O) groups is 2. The molecule has 4 nitrogen and oxygen atoms in total. The molecule has 1 aliphatic rings. The predicted molar refractivity (Wildman–Crippen MR) is 78.9 cm³/mol. The number of carbonyl (C=O) groups excluding carboxylic acids is 2. The lowest BCUT2D eigenvalue weighted by Gasteiger charge is -2.32. The van der Waals surface area contributed by atoms with Crippen molar-refractivity contribution in [1.82, 2.24) is 10.2 Å². The predicted octanol–water partition coefficient (Wildman–Crippen LogP) is 2.53. The quantitative estimate of drug-likeness (QED) is 0.927. The Morgan fingerprint density at radius 3 is 2.39 bits per heavy atom. The molecule has 0 unspecified atom stereocenters. The van der Waals surface area contributed by atoms with Gasteiger partial charge in [0.15, 0.2) is 0 Å². The third-order valence-electron chi connectivity index (χ3n) is 4.09. The maximum absolute atomic E-state index is 12.4. The first-order chi connectivity index (χ1) is 10.8. The van der Waals surface area contributed by atoms with Gasteiger partial charge in [0.2, 0.25) is 0 Å². The normalized spacial score (nSPS) is 16.3. The minimum absolute atomic E-state index is 0.0727. The van der Waals surface area contributed by atoms with E-state index >= 15 is 0 Å². The molecule has 1 fully saturated rings. The van der Waals surface area contributed by atoms with Crippen LogP contribution in [0.2, 0.25) is 0 Å². The summed E-state index contributed by atoms with van der Waals surface area (Å²) in [6, 6.07) is 7.20. The second-order valence-corrected chi connectivity index (χ2v) is 5.76. The van der Waals surface area contributed by atoms with Crippen molar-refractivity contribution >= 4 is 11.8 Å². The van der Waals surface area contributed by atoms with Crippen LogP contribution in [0.1, 0.15) is 28.8 Å². The second-order valence-electron chi connectivity index (χ2n) is 5.76. The van der Waals surface area contributed by atoms with Gasteiger partial charge >= 0.3 is 12.1 Å². The molecule has 0 aliphatic carbocycles. The number of nitrogens with zero attached hydrogens (tertiary/aromatic N) is 1. The number of benzene rings is 1. The van der Waals surface area contributed by atoms with E-state index in [9.17, 15) is 22.8 Å². The molecule has 126 valence electrons. The Balaban J connectivity index is 1.80. The Morgan fingerprint density at radius 1 is 1.22 bits per heavy atom. The molecule has 0 bridgehead atoms. The van der Waals surface area contributed by atoms with Crippen molar-refractivity contribution < 1.29 is 22.8 Å². The third kappa shape index (κ3) is 4.46. The highest BCUT2D eigenvalue weighted by atomic mass is 19.4. The van der Waals surface area contributed by atoms with E-state index in [1.54, 1.807) is 12.1 Å². The van der Waals surface area contributed by atoms with E-state index in [4.69, 9.17) is 0 Å². The topological polar surface area (TPSA) is 49.4 Å². The molecule has 1 aliphatic heterocycles. The monoisotopic (exact) mass is 328 g/mol. The van der Waals surface area contributed by atoms with Crippen molar-refractivity contribution in [2.75, 3.05) is 19.6 Å². The van der Waals surface area contributed by atoms with Gasteiger partial charge in [0, 0.05) is 25.2 Å². The van der Waals surface area contributed by atoms with Crippen LogP contribution in [0, 0.1) is 12.8 Å². The molecule has 7 heteroatoms. The summed E-state index contributed by atoms with van der Waals surface area (Å²) in [6.45, 7) is 2.39. The van der Waals surface area contributed by atoms with Gasteiger partial charge < -0.3 is 10.2 Å². The first-order valence-electron chi connectivity index (χ1n) is 7.49. The lowest BCUT2D eigenvalue weighted by Crippen LogP contribution is -2.46. The van der Waals surface area contributed by atoms with Gasteiger partial charge in [0.05, 0.1) is 0 Å². The van der Waals surface area contributed by atoms with Gasteiger partial charge in [-0.1, -0.05) is 18.2 Å². The van der Waals surface area contributed by atoms with Crippen LogP contribution in [-0.4, -0.2) is 42.5 Å². The number of halogens is 3. The minimum atomic E-state index is -4.81. The summed E-state index contributed by atoms with van der Waals surface area (Å²) in [7, 11) is 0. The molecule has 1 aromatic rings. The van der Waals surface area contributed by atoms with Crippen LogP contribution in [0.5, 0.6) is 0 Å². The molecule has 1 saturated heterocycles. The molecule has 2 rings (SSSR count). The number of hydrogen-bond donors (Lipinski definition) is 1. The van der Waals surface area contributed by atoms with Gasteiger partial charge in [0.25, 0.3) is 5.91 Å². The van der Waals surface area contributed by atoms with E-state index in [1.165, 1.54) is 0 Å². The van der Waals surface area contributed by atoms with Gasteiger partial charge in [-0.2, -0.15) is 13.2 Å². The molecule has 1 heterocycles. The number of rotatable bonds is 3. The fourth-order valence-electron chi connectivity index (χ4n) is 2.68. The van der Waals surface area contributed by atoms with Crippen LogP contribution in [-0.2, 0) is 4.79 Å². The first kappa shape index (κ1) is 17.3. The highest BCUT2D eigenvalue weighted by Crippen LogP contribution is 2.23. The van der Waals surface area contributed by atoms with Gasteiger partial charge in [-0.3, -0.25) is 9.59 Å². The Kier molecular flexibility index (Phi) is 5.28. The zero-order chi connectivity index (χ0) is 17.0. The highest BCUT2D eigenvalue weighted by molar-refractivity contribution is 5.95. The summed E-state index contributed by atoms with van der Waals surface area (Å²) < 4.78 is 37.1. The van der Waals surface area contributed by atoms with Crippen molar-refractivity contribution in [1.29, 1.82) is 0 Å². The van der Waals surface area contributed by atoms with Gasteiger partial charge in [-0.05, 0) is 37.3 Å². The Hall–Kier alpha value is -2.05. The standard InChI is InChI=1S/C16H19F3N2O2/c1-11-4-2-3-5-13(11)14(22)20-10-12-6-8-21(9-7-12)15(23)16(17,18)19/h2-5,12H,6-10H2,1H3,(H,20,22). The number of alkyl halides is 3. The molecule has 1 N–H and O–H groups in total. The van der Waals surface area contributed by atoms with Crippen molar-refractivity contribution in [3.8, 4) is 0 Å². The third-order valence-corrected chi connectivity index (χ3v) is 4.09. The molecule has 0 radical (unpaired) electrons. The molecule has 1 aromatic carbocycles. The summed E-state index contributed by atoms with van der Waals surface area (Å²) in [4.78, 5) is 24.1. The average Bonchev–Trinajstić information content (AvgIpc) is 2.52. The maximum atomic E-state index is 12.4. The highest BCUT2D eigenvalue weighted by Gasteiger charge is 2.43. The summed E-state index contributed by atoms with van der Waals surface area (Å²) in [5.41, 5.74) is 1.47. The molecule has 0 atom stereocenters.